The molecule has 0 saturated carbocycles. The molecule has 0 N–H and O–H groups in total. The van der Waals surface area contributed by atoms with Crippen LogP contribution in [0.5, 0.6) is 0 Å². The maximum Gasteiger partial charge on any atom is 0.230 e. The highest BCUT2D eigenvalue weighted by molar-refractivity contribution is 8.13. The summed E-state index contributed by atoms with van der Waals surface area (Å²) in [5, 5.41) is 9.43. The summed E-state index contributed by atoms with van der Waals surface area (Å²) in [6.07, 6.45) is 5.91. The molecule has 0 saturated heterocycles. The molecular weight excluding hydrogens is 308 g/mol. The second kappa shape index (κ2) is 8.26. The fourth-order valence-corrected chi connectivity index (χ4v) is 3.18. The number of rotatable bonds is 8. The largest absolute Gasteiger partial charge is 0.345 e. The minimum atomic E-state index is -0.919. The third-order valence-corrected chi connectivity index (χ3v) is 4.38. The van der Waals surface area contributed by atoms with Gasteiger partial charge < -0.3 is 4.74 Å². The second-order valence-corrected chi connectivity index (χ2v) is 5.86. The first-order valence-electron chi connectivity index (χ1n) is 7.90. The van der Waals surface area contributed by atoms with E-state index in [2.05, 4.69) is 23.8 Å². The summed E-state index contributed by atoms with van der Waals surface area (Å²) in [5.41, 5.74) is 0.809. The van der Waals surface area contributed by atoms with Gasteiger partial charge in [-0.3, -0.25) is 4.99 Å². The van der Waals surface area contributed by atoms with E-state index >= 15 is 0 Å². The molecule has 0 bridgehead atoms. The number of aromatic nitrogens is 3. The Morgan fingerprint density at radius 2 is 2.22 bits per heavy atom. The molecule has 6 heteroatoms. The zero-order valence-corrected chi connectivity index (χ0v) is 14.8. The smallest absolute Gasteiger partial charge is 0.230 e. The Balaban J connectivity index is 2.58. The number of unbranched alkanes of at least 4 members (excludes halogenated alkanes) is 1. The van der Waals surface area contributed by atoms with Gasteiger partial charge in [-0.25, -0.2) is 4.68 Å². The lowest BCUT2D eigenvalue weighted by Gasteiger charge is -2.31. The highest BCUT2D eigenvalue weighted by Gasteiger charge is 2.38. The van der Waals surface area contributed by atoms with Gasteiger partial charge in [-0.2, -0.15) is 0 Å². The van der Waals surface area contributed by atoms with Crippen molar-refractivity contribution in [1.29, 1.82) is 0 Å². The Labute approximate surface area is 141 Å². The van der Waals surface area contributed by atoms with Gasteiger partial charge in [0.05, 0.1) is 5.52 Å². The van der Waals surface area contributed by atoms with Gasteiger partial charge in [-0.05, 0) is 37.8 Å². The summed E-state index contributed by atoms with van der Waals surface area (Å²) in [5.74, 6) is 0. The first-order valence-corrected chi connectivity index (χ1v) is 9.13. The lowest BCUT2D eigenvalue weighted by Crippen LogP contribution is -2.42. The fourth-order valence-electron chi connectivity index (χ4n) is 2.44. The topological polar surface area (TPSA) is 52.3 Å². The fraction of sp³-hybridized carbons (Fsp3) is 0.471. The van der Waals surface area contributed by atoms with Gasteiger partial charge in [0.1, 0.15) is 10.6 Å². The van der Waals surface area contributed by atoms with Crippen molar-refractivity contribution in [2.75, 3.05) is 19.4 Å². The van der Waals surface area contributed by atoms with Crippen LogP contribution in [0, 0.1) is 0 Å². The van der Waals surface area contributed by atoms with E-state index < -0.39 is 5.72 Å². The Hall–Kier alpha value is -1.66. The van der Waals surface area contributed by atoms with E-state index in [0.717, 1.165) is 35.5 Å². The molecule has 5 nitrogen and oxygen atoms in total. The maximum atomic E-state index is 6.11. The summed E-state index contributed by atoms with van der Waals surface area (Å²) in [6.45, 7) is 9.41. The second-order valence-electron chi connectivity index (χ2n) is 5.07. The Morgan fingerprint density at radius 3 is 2.87 bits per heavy atom. The molecule has 0 radical (unpaired) electrons. The van der Waals surface area contributed by atoms with Crippen molar-refractivity contribution in [3.8, 4) is 0 Å². The summed E-state index contributed by atoms with van der Waals surface area (Å²) in [4.78, 5) is 4.75. The van der Waals surface area contributed by atoms with Gasteiger partial charge in [0.25, 0.3) is 0 Å². The van der Waals surface area contributed by atoms with Crippen molar-refractivity contribution in [2.45, 2.75) is 32.4 Å². The SMILES string of the molecule is C=CC(OCC)(C(=NCCCC)SC)n1nnc2ccccc21. The van der Waals surface area contributed by atoms with Crippen LogP contribution in [0.3, 0.4) is 0 Å². The molecular formula is C17H24N4OS. The molecule has 0 aliphatic heterocycles. The van der Waals surface area contributed by atoms with E-state index in [1.165, 1.54) is 0 Å². The number of aliphatic imine (C=N–C) groups is 1. The lowest BCUT2D eigenvalue weighted by atomic mass is 10.2. The summed E-state index contributed by atoms with van der Waals surface area (Å²) in [6, 6.07) is 7.83. The Morgan fingerprint density at radius 1 is 1.43 bits per heavy atom. The maximum absolute atomic E-state index is 6.11. The predicted octanol–water partition coefficient (Wildman–Crippen LogP) is 3.87. The van der Waals surface area contributed by atoms with E-state index in [9.17, 15) is 0 Å². The molecule has 2 rings (SSSR count). The number of hydrogen-bond acceptors (Lipinski definition) is 5. The molecule has 1 aromatic heterocycles. The molecule has 0 amide bonds. The van der Waals surface area contributed by atoms with Crippen LogP contribution in [-0.2, 0) is 10.5 Å². The third kappa shape index (κ3) is 3.48. The highest BCUT2D eigenvalue weighted by atomic mass is 32.2. The van der Waals surface area contributed by atoms with Gasteiger partial charge in [-0.15, -0.1) is 16.9 Å². The van der Waals surface area contributed by atoms with Crippen molar-refractivity contribution in [1.82, 2.24) is 15.0 Å². The third-order valence-electron chi connectivity index (χ3n) is 3.57. The first-order chi connectivity index (χ1) is 11.2. The molecule has 23 heavy (non-hydrogen) atoms. The minimum absolute atomic E-state index is 0.521. The number of nitrogens with zero attached hydrogens (tertiary/aromatic N) is 4. The van der Waals surface area contributed by atoms with Crippen LogP contribution in [0.15, 0.2) is 41.9 Å². The molecule has 1 atom stereocenters. The van der Waals surface area contributed by atoms with Gasteiger partial charge >= 0.3 is 0 Å². The molecule has 0 fully saturated rings. The van der Waals surface area contributed by atoms with Gasteiger partial charge in [-0.1, -0.05) is 37.3 Å². The van der Waals surface area contributed by atoms with Crippen molar-refractivity contribution < 1.29 is 4.74 Å². The monoisotopic (exact) mass is 332 g/mol. The average molecular weight is 332 g/mol. The molecule has 1 aromatic carbocycles. The van der Waals surface area contributed by atoms with Crippen LogP contribution >= 0.6 is 11.8 Å². The Kier molecular flexibility index (Phi) is 6.36. The van der Waals surface area contributed by atoms with E-state index in [4.69, 9.17) is 9.73 Å². The number of fused-ring (bicyclic) bond motifs is 1. The number of ether oxygens (including phenoxy) is 1. The lowest BCUT2D eigenvalue weighted by molar-refractivity contribution is -0.00923. The number of para-hydroxylation sites is 1. The van der Waals surface area contributed by atoms with E-state index in [-0.39, 0.29) is 0 Å². The van der Waals surface area contributed by atoms with Crippen molar-refractivity contribution in [3.05, 3.63) is 36.9 Å². The minimum Gasteiger partial charge on any atom is -0.345 e. The van der Waals surface area contributed by atoms with Crippen molar-refractivity contribution >= 4 is 27.8 Å². The van der Waals surface area contributed by atoms with Crippen LogP contribution in [0.25, 0.3) is 11.0 Å². The van der Waals surface area contributed by atoms with E-state index in [0.29, 0.717) is 6.61 Å². The van der Waals surface area contributed by atoms with Crippen LogP contribution in [-0.4, -0.2) is 39.4 Å². The van der Waals surface area contributed by atoms with Crippen molar-refractivity contribution in [2.24, 2.45) is 4.99 Å². The normalized spacial score (nSPS) is 14.8. The molecule has 0 aliphatic rings. The molecule has 0 spiro atoms. The standard InChI is InChI=1S/C17H24N4OS/c1-5-8-13-18-16(23-4)17(6-2,22-7-3)21-15-12-10-9-11-14(15)19-20-21/h6,9-12H,2,5,7-8,13H2,1,3-4H3. The van der Waals surface area contributed by atoms with Crippen molar-refractivity contribution in [3.63, 3.8) is 0 Å². The molecule has 2 aromatic rings. The van der Waals surface area contributed by atoms with E-state index in [1.54, 1.807) is 22.5 Å². The molecule has 1 heterocycles. The molecule has 0 aliphatic carbocycles. The van der Waals surface area contributed by atoms with Gasteiger partial charge in [0, 0.05) is 13.2 Å². The average Bonchev–Trinajstić information content (AvgIpc) is 3.02. The number of thioether (sulfide) groups is 1. The van der Waals surface area contributed by atoms with E-state index in [1.807, 2.05) is 37.4 Å². The first kappa shape index (κ1) is 17.7. The highest BCUT2D eigenvalue weighted by Crippen LogP contribution is 2.30. The molecule has 1 unspecified atom stereocenters. The van der Waals surface area contributed by atoms with Crippen LogP contribution in [0.4, 0.5) is 0 Å². The summed E-state index contributed by atoms with van der Waals surface area (Å²) < 4.78 is 7.88. The van der Waals surface area contributed by atoms with Crippen LogP contribution in [0.2, 0.25) is 0 Å². The van der Waals surface area contributed by atoms with Crippen LogP contribution in [0.1, 0.15) is 26.7 Å². The van der Waals surface area contributed by atoms with Gasteiger partial charge in [0.15, 0.2) is 0 Å². The predicted molar refractivity (Wildman–Crippen MR) is 98.1 cm³/mol. The quantitative estimate of drug-likeness (QED) is 0.319. The molecule has 124 valence electrons. The summed E-state index contributed by atoms with van der Waals surface area (Å²) in [7, 11) is 0. The summed E-state index contributed by atoms with van der Waals surface area (Å²) >= 11 is 1.56. The van der Waals surface area contributed by atoms with Gasteiger partial charge in [0.2, 0.25) is 5.72 Å². The Bertz CT molecular complexity index is 682. The van der Waals surface area contributed by atoms with Crippen LogP contribution < -0.4 is 0 Å². The zero-order valence-electron chi connectivity index (χ0n) is 14.0. The number of hydrogen-bond donors (Lipinski definition) is 0. The number of benzene rings is 1. The zero-order chi connectivity index (χ0) is 16.7.